The van der Waals surface area contributed by atoms with Crippen LogP contribution in [0.1, 0.15) is 0 Å². The maximum absolute atomic E-state index is 12.3. The summed E-state index contributed by atoms with van der Waals surface area (Å²) in [5.74, 6) is 0. The van der Waals surface area contributed by atoms with Crippen molar-refractivity contribution >= 4 is 34.3 Å². The van der Waals surface area contributed by atoms with Crippen LogP contribution in [-0.4, -0.2) is 6.98 Å². The molecule has 0 saturated carbocycles. The van der Waals surface area contributed by atoms with Gasteiger partial charge in [0, 0.05) is 5.02 Å². The third-order valence-electron chi connectivity index (χ3n) is 1.72. The van der Waals surface area contributed by atoms with Gasteiger partial charge in [0.15, 0.2) is 0 Å². The van der Waals surface area contributed by atoms with Gasteiger partial charge < -0.3 is 12.9 Å². The zero-order valence-electron chi connectivity index (χ0n) is 7.62. The molecule has 0 saturated heterocycles. The Morgan fingerprint density at radius 1 is 0.882 bits per heavy atom. The smallest absolute Gasteiger partial charge is 0.445 e. The maximum atomic E-state index is 12.3. The van der Waals surface area contributed by atoms with Gasteiger partial charge in [-0.15, -0.1) is 5.46 Å². The van der Waals surface area contributed by atoms with E-state index in [1.165, 1.54) is 0 Å². The predicted molar refractivity (Wildman–Crippen MR) is 51.6 cm³/mol. The largest absolute Gasteiger partial charge is 0.509 e. The lowest BCUT2D eigenvalue weighted by molar-refractivity contribution is 0.364. The van der Waals surface area contributed by atoms with E-state index >= 15 is 0 Å². The first-order valence-electron chi connectivity index (χ1n) is 3.84. The van der Waals surface area contributed by atoms with Gasteiger partial charge in [0.2, 0.25) is 0 Å². The van der Waals surface area contributed by atoms with Crippen molar-refractivity contribution in [3.63, 3.8) is 0 Å². The summed E-state index contributed by atoms with van der Waals surface area (Å²) in [6, 6.07) is -0.698. The average Bonchev–Trinajstić information content (AvgIpc) is 1.96. The Bertz CT molecular complexity index is 462. The minimum atomic E-state index is -10.2. The lowest BCUT2D eigenvalue weighted by Gasteiger charge is -2.41. The minimum absolute atomic E-state index is 0.161. The highest BCUT2D eigenvalue weighted by Gasteiger charge is 2.65. The molecular formula is C6H3BClF8S-. The Balaban J connectivity index is 3.57. The molecule has 0 aliphatic heterocycles. The Hall–Kier alpha value is -0.635. The molecule has 0 spiro atoms. The molecule has 0 heterocycles. The number of benzene rings is 1. The molecule has 1 aromatic carbocycles. The molecule has 0 aliphatic rings. The van der Waals surface area contributed by atoms with Gasteiger partial charge in [-0.05, 0) is 6.07 Å². The van der Waals surface area contributed by atoms with Gasteiger partial charge in [-0.25, -0.2) is 0 Å². The second-order valence-corrected chi connectivity index (χ2v) is 6.11. The van der Waals surface area contributed by atoms with E-state index < -0.39 is 38.6 Å². The van der Waals surface area contributed by atoms with Crippen molar-refractivity contribution in [2.24, 2.45) is 0 Å². The van der Waals surface area contributed by atoms with Crippen LogP contribution in [0.15, 0.2) is 23.1 Å². The van der Waals surface area contributed by atoms with E-state index in [-0.39, 0.29) is 12.1 Å². The fraction of sp³-hybridized carbons (Fsp3) is 0. The highest BCUT2D eigenvalue weighted by atomic mass is 35.5. The summed E-state index contributed by atoms with van der Waals surface area (Å²) in [5, 5.41) is -1.05. The van der Waals surface area contributed by atoms with E-state index in [1.54, 1.807) is 0 Å². The van der Waals surface area contributed by atoms with Crippen LogP contribution < -0.4 is 5.46 Å². The van der Waals surface area contributed by atoms with Crippen LogP contribution in [0.4, 0.5) is 32.4 Å². The van der Waals surface area contributed by atoms with Crippen LogP contribution in [0.5, 0.6) is 0 Å². The van der Waals surface area contributed by atoms with Gasteiger partial charge in [-0.1, -0.05) is 43.2 Å². The minimum Gasteiger partial charge on any atom is -0.445 e. The molecule has 17 heavy (non-hydrogen) atoms. The first kappa shape index (κ1) is 14.4. The molecule has 0 N–H and O–H groups in total. The van der Waals surface area contributed by atoms with E-state index in [0.29, 0.717) is 0 Å². The van der Waals surface area contributed by atoms with Crippen molar-refractivity contribution in [2.75, 3.05) is 0 Å². The molecule has 0 fully saturated rings. The fourth-order valence-corrected chi connectivity index (χ4v) is 2.01. The fourth-order valence-electron chi connectivity index (χ4n) is 0.996. The van der Waals surface area contributed by atoms with Crippen molar-refractivity contribution in [1.82, 2.24) is 0 Å². The van der Waals surface area contributed by atoms with Crippen LogP contribution in [-0.2, 0) is 0 Å². The normalized spacial score (nSPS) is 17.5. The molecule has 1 aromatic rings. The van der Waals surface area contributed by atoms with Crippen LogP contribution >= 0.6 is 21.8 Å². The highest BCUT2D eigenvalue weighted by Crippen LogP contribution is 3.02. The molecular weight excluding hydrogens is 302 g/mol. The van der Waals surface area contributed by atoms with Gasteiger partial charge in [0.25, 0.3) is 0 Å². The second-order valence-electron chi connectivity index (χ2n) is 3.26. The summed E-state index contributed by atoms with van der Waals surface area (Å²) in [7, 11) is -10.2. The first-order chi connectivity index (χ1) is 7.09. The molecule has 11 heteroatoms. The summed E-state index contributed by atoms with van der Waals surface area (Å²) in [4.78, 5) is -2.65. The zero-order valence-corrected chi connectivity index (χ0v) is 9.19. The van der Waals surface area contributed by atoms with Crippen LogP contribution in [0, 0.1) is 0 Å². The summed E-state index contributed by atoms with van der Waals surface area (Å²) >= 11 is 4.98. The van der Waals surface area contributed by atoms with Gasteiger partial charge in [0.1, 0.15) is 4.90 Å². The van der Waals surface area contributed by atoms with Crippen LogP contribution in [0.3, 0.4) is 0 Å². The van der Waals surface area contributed by atoms with Crippen molar-refractivity contribution in [2.45, 2.75) is 4.90 Å². The molecule has 0 bridgehead atoms. The average molecular weight is 305 g/mol. The quantitative estimate of drug-likeness (QED) is 0.530. The Labute approximate surface area is 95.3 Å². The Kier molecular flexibility index (Phi) is 2.57. The van der Waals surface area contributed by atoms with Crippen molar-refractivity contribution in [3.05, 3.63) is 23.2 Å². The zero-order chi connectivity index (χ0) is 13.8. The lowest BCUT2D eigenvalue weighted by Crippen LogP contribution is -2.34. The summed E-state index contributed by atoms with van der Waals surface area (Å²) in [6.45, 7) is -5.84. The van der Waals surface area contributed by atoms with Gasteiger partial charge in [-0.3, -0.25) is 0 Å². The van der Waals surface area contributed by atoms with E-state index in [0.717, 1.165) is 0 Å². The number of hydrogen-bond acceptors (Lipinski definition) is 0. The predicted octanol–water partition coefficient (Wildman–Crippen LogP) is 5.05. The summed E-state index contributed by atoms with van der Waals surface area (Å²) < 4.78 is 98.0. The molecule has 0 aliphatic carbocycles. The number of rotatable bonds is 2. The topological polar surface area (TPSA) is 0 Å². The monoisotopic (exact) mass is 305 g/mol. The molecule has 0 atom stereocenters. The number of halogens is 9. The Morgan fingerprint density at radius 3 is 1.71 bits per heavy atom. The second kappa shape index (κ2) is 3.03. The van der Waals surface area contributed by atoms with E-state index in [9.17, 15) is 32.4 Å². The summed E-state index contributed by atoms with van der Waals surface area (Å²) in [5.41, 5.74) is -1.82. The number of hydrogen-bond donors (Lipinski definition) is 0. The third kappa shape index (κ3) is 3.67. The van der Waals surface area contributed by atoms with Crippen molar-refractivity contribution < 1.29 is 32.4 Å². The van der Waals surface area contributed by atoms with Gasteiger partial charge >= 0.3 is 17.2 Å². The molecule has 0 amide bonds. The third-order valence-corrected chi connectivity index (χ3v) is 3.06. The van der Waals surface area contributed by atoms with Crippen molar-refractivity contribution in [3.8, 4) is 0 Å². The SMILES string of the molecule is F[B-](F)(F)c1cc(Cl)cc(S(F)(F)(F)(F)F)c1. The van der Waals surface area contributed by atoms with E-state index in [4.69, 9.17) is 11.6 Å². The van der Waals surface area contributed by atoms with E-state index in [1.807, 2.05) is 0 Å². The van der Waals surface area contributed by atoms with Gasteiger partial charge in [0.05, 0.1) is 0 Å². The Morgan fingerprint density at radius 2 is 1.35 bits per heavy atom. The van der Waals surface area contributed by atoms with E-state index in [2.05, 4.69) is 0 Å². The molecule has 0 radical (unpaired) electrons. The summed E-state index contributed by atoms with van der Waals surface area (Å²) in [6.07, 6.45) is 0. The highest BCUT2D eigenvalue weighted by molar-refractivity contribution is 8.45. The van der Waals surface area contributed by atoms with Crippen LogP contribution in [0.2, 0.25) is 5.02 Å². The maximum Gasteiger partial charge on any atom is 0.509 e. The van der Waals surface area contributed by atoms with Crippen molar-refractivity contribution in [1.29, 1.82) is 0 Å². The van der Waals surface area contributed by atoms with Crippen LogP contribution in [0.25, 0.3) is 0 Å². The standard InChI is InChI=1S/C6H3BClF8S/c8-5-1-4(7(9,10)11)2-6(3-5)17(12,13,14,15)16/h1-3H/q-1. The molecule has 0 aromatic heterocycles. The lowest BCUT2D eigenvalue weighted by atomic mass is 9.80. The van der Waals surface area contributed by atoms with Gasteiger partial charge in [-0.2, -0.15) is 0 Å². The molecule has 0 nitrogen and oxygen atoms in total. The molecule has 0 unspecified atom stereocenters. The molecule has 1 rings (SSSR count). The molecule has 100 valence electrons. The first-order valence-corrected chi connectivity index (χ1v) is 6.17.